The molecule has 1 saturated heterocycles. The summed E-state index contributed by atoms with van der Waals surface area (Å²) >= 11 is 0. The van der Waals surface area contributed by atoms with Crippen LogP contribution in [0.15, 0.2) is 42.5 Å². The van der Waals surface area contributed by atoms with E-state index in [1.165, 1.54) is 19.1 Å². The second-order valence-electron chi connectivity index (χ2n) is 6.59. The van der Waals surface area contributed by atoms with Gasteiger partial charge in [0, 0.05) is 50.2 Å². The first kappa shape index (κ1) is 18.7. The zero-order valence-electron chi connectivity index (χ0n) is 15.5. The standard InChI is InChI=1S/C20H23FN4O2/c1-14-3-6-17(22-15(2)26)13-19(14)23-20(27)25-11-9-24(10-12-25)18-7-4-16(21)5-8-18/h3-8,13H,9-12H2,1-2H3,(H,22,26)(H,23,27). The summed E-state index contributed by atoms with van der Waals surface area (Å²) in [5, 5.41) is 5.64. The highest BCUT2D eigenvalue weighted by atomic mass is 19.1. The van der Waals surface area contributed by atoms with Gasteiger partial charge in [-0.2, -0.15) is 0 Å². The number of urea groups is 1. The highest BCUT2D eigenvalue weighted by Gasteiger charge is 2.21. The van der Waals surface area contributed by atoms with E-state index in [0.717, 1.165) is 11.3 Å². The molecular weight excluding hydrogens is 347 g/mol. The summed E-state index contributed by atoms with van der Waals surface area (Å²) < 4.78 is 13.1. The molecule has 0 atom stereocenters. The number of hydrogen-bond acceptors (Lipinski definition) is 3. The summed E-state index contributed by atoms with van der Waals surface area (Å²) in [6.07, 6.45) is 0. The van der Waals surface area contributed by atoms with Gasteiger partial charge in [0.15, 0.2) is 0 Å². The van der Waals surface area contributed by atoms with Crippen LogP contribution in [0.2, 0.25) is 0 Å². The predicted molar refractivity (Wildman–Crippen MR) is 105 cm³/mol. The van der Waals surface area contributed by atoms with E-state index < -0.39 is 0 Å². The maximum atomic E-state index is 13.1. The van der Waals surface area contributed by atoms with E-state index >= 15 is 0 Å². The van der Waals surface area contributed by atoms with Crippen LogP contribution in [0, 0.1) is 12.7 Å². The zero-order chi connectivity index (χ0) is 19.4. The minimum Gasteiger partial charge on any atom is -0.368 e. The topological polar surface area (TPSA) is 64.7 Å². The van der Waals surface area contributed by atoms with Gasteiger partial charge in [0.1, 0.15) is 5.82 Å². The lowest BCUT2D eigenvalue weighted by molar-refractivity contribution is -0.114. The van der Waals surface area contributed by atoms with Crippen molar-refractivity contribution in [2.75, 3.05) is 41.7 Å². The van der Waals surface area contributed by atoms with E-state index in [2.05, 4.69) is 15.5 Å². The van der Waals surface area contributed by atoms with Gasteiger partial charge in [-0.05, 0) is 48.9 Å². The Morgan fingerprint density at radius 3 is 2.26 bits per heavy atom. The van der Waals surface area contributed by atoms with E-state index in [-0.39, 0.29) is 17.8 Å². The number of anilines is 3. The first-order valence-corrected chi connectivity index (χ1v) is 8.87. The highest BCUT2D eigenvalue weighted by Crippen LogP contribution is 2.22. The Hall–Kier alpha value is -3.09. The minimum atomic E-state index is -0.256. The summed E-state index contributed by atoms with van der Waals surface area (Å²) in [6.45, 7) is 5.87. The van der Waals surface area contributed by atoms with E-state index in [1.807, 2.05) is 13.0 Å². The average molecular weight is 370 g/mol. The van der Waals surface area contributed by atoms with Crippen molar-refractivity contribution < 1.29 is 14.0 Å². The van der Waals surface area contributed by atoms with Crippen LogP contribution in [0.4, 0.5) is 26.2 Å². The predicted octanol–water partition coefficient (Wildman–Crippen LogP) is 3.45. The third-order valence-electron chi connectivity index (χ3n) is 4.56. The van der Waals surface area contributed by atoms with Crippen LogP contribution in [0.1, 0.15) is 12.5 Å². The SMILES string of the molecule is CC(=O)Nc1ccc(C)c(NC(=O)N2CCN(c3ccc(F)cc3)CC2)c1. The molecule has 1 aliphatic heterocycles. The van der Waals surface area contributed by atoms with Crippen LogP contribution >= 0.6 is 0 Å². The van der Waals surface area contributed by atoms with Crippen molar-refractivity contribution in [2.45, 2.75) is 13.8 Å². The maximum absolute atomic E-state index is 13.1. The van der Waals surface area contributed by atoms with Crippen LogP contribution in [0.5, 0.6) is 0 Å². The molecular formula is C20H23FN4O2. The van der Waals surface area contributed by atoms with Crippen LogP contribution in [0.25, 0.3) is 0 Å². The third-order valence-corrected chi connectivity index (χ3v) is 4.56. The number of carbonyl (C=O) groups excluding carboxylic acids is 2. The molecule has 2 aromatic rings. The summed E-state index contributed by atoms with van der Waals surface area (Å²) in [5.74, 6) is -0.415. The number of carbonyl (C=O) groups is 2. The second-order valence-corrected chi connectivity index (χ2v) is 6.59. The molecule has 0 spiro atoms. The fraction of sp³-hybridized carbons (Fsp3) is 0.300. The van der Waals surface area contributed by atoms with E-state index in [0.29, 0.717) is 37.6 Å². The Bertz CT molecular complexity index is 830. The normalized spacial score (nSPS) is 14.0. The Morgan fingerprint density at radius 2 is 1.63 bits per heavy atom. The molecule has 3 amide bonds. The van der Waals surface area contributed by atoms with Gasteiger partial charge >= 0.3 is 6.03 Å². The molecule has 0 radical (unpaired) electrons. The fourth-order valence-corrected chi connectivity index (χ4v) is 3.05. The lowest BCUT2D eigenvalue weighted by Crippen LogP contribution is -2.50. The molecule has 2 aromatic carbocycles. The molecule has 6 nitrogen and oxygen atoms in total. The number of piperazine rings is 1. The number of aryl methyl sites for hydroxylation is 1. The quantitative estimate of drug-likeness (QED) is 0.870. The van der Waals surface area contributed by atoms with Crippen LogP contribution < -0.4 is 15.5 Å². The van der Waals surface area contributed by atoms with Crippen LogP contribution in [0.3, 0.4) is 0 Å². The van der Waals surface area contributed by atoms with Crippen molar-refractivity contribution in [3.8, 4) is 0 Å². The van der Waals surface area contributed by atoms with E-state index in [1.54, 1.807) is 29.2 Å². The third kappa shape index (κ3) is 4.75. The average Bonchev–Trinajstić information content (AvgIpc) is 2.65. The van der Waals surface area contributed by atoms with Gasteiger partial charge in [-0.25, -0.2) is 9.18 Å². The molecule has 0 aliphatic carbocycles. The molecule has 3 rings (SSSR count). The maximum Gasteiger partial charge on any atom is 0.321 e. The molecule has 27 heavy (non-hydrogen) atoms. The lowest BCUT2D eigenvalue weighted by Gasteiger charge is -2.36. The number of amides is 3. The van der Waals surface area contributed by atoms with Crippen molar-refractivity contribution in [1.29, 1.82) is 0 Å². The van der Waals surface area contributed by atoms with Gasteiger partial charge < -0.3 is 20.4 Å². The zero-order valence-corrected chi connectivity index (χ0v) is 15.5. The molecule has 0 saturated carbocycles. The number of rotatable bonds is 3. The molecule has 1 aliphatic rings. The summed E-state index contributed by atoms with van der Waals surface area (Å²) in [7, 11) is 0. The second kappa shape index (κ2) is 8.07. The van der Waals surface area contributed by atoms with Gasteiger partial charge in [-0.15, -0.1) is 0 Å². The smallest absolute Gasteiger partial charge is 0.321 e. The monoisotopic (exact) mass is 370 g/mol. The Labute approximate surface area is 158 Å². The van der Waals surface area contributed by atoms with Crippen molar-refractivity contribution in [2.24, 2.45) is 0 Å². The minimum absolute atomic E-state index is 0.159. The Balaban J connectivity index is 1.59. The van der Waals surface area contributed by atoms with E-state index in [4.69, 9.17) is 0 Å². The summed E-state index contributed by atoms with van der Waals surface area (Å²) in [4.78, 5) is 27.7. The van der Waals surface area contributed by atoms with Crippen molar-refractivity contribution in [1.82, 2.24) is 4.90 Å². The van der Waals surface area contributed by atoms with Crippen molar-refractivity contribution >= 4 is 29.0 Å². The number of benzene rings is 2. The largest absolute Gasteiger partial charge is 0.368 e. The van der Waals surface area contributed by atoms with Crippen molar-refractivity contribution in [3.63, 3.8) is 0 Å². The number of hydrogen-bond donors (Lipinski definition) is 2. The van der Waals surface area contributed by atoms with Gasteiger partial charge in [0.2, 0.25) is 5.91 Å². The molecule has 1 fully saturated rings. The van der Waals surface area contributed by atoms with E-state index in [9.17, 15) is 14.0 Å². The van der Waals surface area contributed by atoms with Gasteiger partial charge in [0.05, 0.1) is 0 Å². The first-order chi connectivity index (χ1) is 12.9. The molecule has 1 heterocycles. The Kier molecular flexibility index (Phi) is 5.59. The van der Waals surface area contributed by atoms with Crippen LogP contribution in [-0.2, 0) is 4.79 Å². The highest BCUT2D eigenvalue weighted by molar-refractivity contribution is 5.93. The van der Waals surface area contributed by atoms with Gasteiger partial charge in [-0.3, -0.25) is 4.79 Å². The molecule has 0 aromatic heterocycles. The molecule has 2 N–H and O–H groups in total. The van der Waals surface area contributed by atoms with Gasteiger partial charge in [-0.1, -0.05) is 6.07 Å². The number of nitrogens with one attached hydrogen (secondary N) is 2. The number of halogens is 1. The summed E-state index contributed by atoms with van der Waals surface area (Å²) in [5.41, 5.74) is 3.19. The number of nitrogens with zero attached hydrogens (tertiary/aromatic N) is 2. The van der Waals surface area contributed by atoms with Crippen LogP contribution in [-0.4, -0.2) is 43.0 Å². The fourth-order valence-electron chi connectivity index (χ4n) is 3.05. The summed E-state index contributed by atoms with van der Waals surface area (Å²) in [6, 6.07) is 11.6. The lowest BCUT2D eigenvalue weighted by atomic mass is 10.1. The molecule has 0 bridgehead atoms. The molecule has 142 valence electrons. The Morgan fingerprint density at radius 1 is 0.963 bits per heavy atom. The van der Waals surface area contributed by atoms with Crippen molar-refractivity contribution in [3.05, 3.63) is 53.8 Å². The van der Waals surface area contributed by atoms with Gasteiger partial charge in [0.25, 0.3) is 0 Å². The molecule has 7 heteroatoms. The first-order valence-electron chi connectivity index (χ1n) is 8.87. The molecule has 0 unspecified atom stereocenters.